The van der Waals surface area contributed by atoms with Gasteiger partial charge in [0.2, 0.25) is 0 Å². The summed E-state index contributed by atoms with van der Waals surface area (Å²) in [5.41, 5.74) is 4.35. The van der Waals surface area contributed by atoms with Crippen LogP contribution in [-0.4, -0.2) is 19.1 Å². The molecular formula is C19H16ClNOS2. The quantitative estimate of drug-likeness (QED) is 0.420. The SMILES string of the molecule is CSc1ccc(-c2cc(Cl)sc2-c2ccc(NCC=O)cc2)cc1. The Balaban J connectivity index is 1.94. The van der Waals surface area contributed by atoms with Gasteiger partial charge in [-0.3, -0.25) is 0 Å². The molecule has 0 aliphatic rings. The summed E-state index contributed by atoms with van der Waals surface area (Å²) in [6.45, 7) is 0.317. The van der Waals surface area contributed by atoms with Crippen molar-refractivity contribution in [2.24, 2.45) is 0 Å². The zero-order valence-electron chi connectivity index (χ0n) is 13.1. The number of nitrogens with one attached hydrogen (secondary N) is 1. The van der Waals surface area contributed by atoms with Crippen LogP contribution in [0.1, 0.15) is 0 Å². The number of aldehydes is 1. The number of carbonyl (C=O) groups is 1. The van der Waals surface area contributed by atoms with Crippen LogP contribution in [0, 0.1) is 0 Å². The summed E-state index contributed by atoms with van der Waals surface area (Å²) in [5, 5.41) is 3.04. The molecule has 1 N–H and O–H groups in total. The summed E-state index contributed by atoms with van der Waals surface area (Å²) >= 11 is 9.60. The van der Waals surface area contributed by atoms with Crippen molar-refractivity contribution in [3.63, 3.8) is 0 Å². The molecular weight excluding hydrogens is 358 g/mol. The van der Waals surface area contributed by atoms with Gasteiger partial charge in [0.1, 0.15) is 6.29 Å². The van der Waals surface area contributed by atoms with Gasteiger partial charge in [0.25, 0.3) is 0 Å². The van der Waals surface area contributed by atoms with Gasteiger partial charge >= 0.3 is 0 Å². The first-order valence-corrected chi connectivity index (χ1v) is 9.85. The number of rotatable bonds is 6. The number of thiophene rings is 1. The number of anilines is 1. The van der Waals surface area contributed by atoms with Gasteiger partial charge < -0.3 is 10.1 Å². The third-order valence-corrected chi connectivity index (χ3v) is 5.70. The van der Waals surface area contributed by atoms with E-state index >= 15 is 0 Å². The van der Waals surface area contributed by atoms with Crippen LogP contribution in [0.15, 0.2) is 59.5 Å². The van der Waals surface area contributed by atoms with Crippen molar-refractivity contribution in [1.29, 1.82) is 0 Å². The largest absolute Gasteiger partial charge is 0.378 e. The molecule has 0 saturated heterocycles. The third kappa shape index (κ3) is 3.83. The van der Waals surface area contributed by atoms with E-state index in [-0.39, 0.29) is 0 Å². The molecule has 0 atom stereocenters. The van der Waals surface area contributed by atoms with E-state index in [1.54, 1.807) is 23.1 Å². The number of hydrogen-bond donors (Lipinski definition) is 1. The van der Waals surface area contributed by atoms with Crippen LogP contribution in [0.5, 0.6) is 0 Å². The lowest BCUT2D eigenvalue weighted by atomic mass is 10.0. The lowest BCUT2D eigenvalue weighted by Crippen LogP contribution is -2.01. The fourth-order valence-corrected chi connectivity index (χ4v) is 4.12. The highest BCUT2D eigenvalue weighted by atomic mass is 35.5. The third-order valence-electron chi connectivity index (χ3n) is 3.64. The van der Waals surface area contributed by atoms with Crippen molar-refractivity contribution in [2.45, 2.75) is 4.90 Å². The molecule has 0 aliphatic heterocycles. The highest BCUT2D eigenvalue weighted by Crippen LogP contribution is 2.41. The van der Waals surface area contributed by atoms with E-state index in [1.807, 2.05) is 18.2 Å². The molecule has 2 nitrogen and oxygen atoms in total. The van der Waals surface area contributed by atoms with Gasteiger partial charge in [0, 0.05) is 21.0 Å². The predicted molar refractivity (Wildman–Crippen MR) is 107 cm³/mol. The van der Waals surface area contributed by atoms with Crippen LogP contribution in [-0.2, 0) is 4.79 Å². The first kappa shape index (κ1) is 17.1. The molecule has 3 rings (SSSR count). The molecule has 5 heteroatoms. The van der Waals surface area contributed by atoms with Gasteiger partial charge in [0.15, 0.2) is 0 Å². The highest BCUT2D eigenvalue weighted by Gasteiger charge is 2.12. The topological polar surface area (TPSA) is 29.1 Å². The number of carbonyl (C=O) groups excluding carboxylic acids is 1. The lowest BCUT2D eigenvalue weighted by Gasteiger charge is -2.07. The second kappa shape index (κ2) is 7.88. The van der Waals surface area contributed by atoms with Crippen molar-refractivity contribution >= 4 is 46.7 Å². The molecule has 0 saturated carbocycles. The normalized spacial score (nSPS) is 10.6. The molecule has 1 aromatic heterocycles. The van der Waals surface area contributed by atoms with Crippen LogP contribution in [0.4, 0.5) is 5.69 Å². The van der Waals surface area contributed by atoms with Gasteiger partial charge in [-0.25, -0.2) is 0 Å². The standard InChI is InChI=1S/C19H16ClNOS2/c1-23-16-8-4-13(5-9-16)17-12-18(20)24-19(17)14-2-6-15(7-3-14)21-10-11-22/h2-9,11-12,21H,10H2,1H3. The van der Waals surface area contributed by atoms with Gasteiger partial charge in [-0.15, -0.1) is 23.1 Å². The molecule has 3 aromatic rings. The average Bonchev–Trinajstić information content (AvgIpc) is 3.02. The van der Waals surface area contributed by atoms with E-state index in [9.17, 15) is 4.79 Å². The van der Waals surface area contributed by atoms with Gasteiger partial charge in [-0.05, 0) is 47.7 Å². The van der Waals surface area contributed by atoms with E-state index < -0.39 is 0 Å². The molecule has 0 radical (unpaired) electrons. The molecule has 0 bridgehead atoms. The number of hydrogen-bond acceptors (Lipinski definition) is 4. The fourth-order valence-electron chi connectivity index (χ4n) is 2.46. The monoisotopic (exact) mass is 373 g/mol. The summed E-state index contributed by atoms with van der Waals surface area (Å²) in [4.78, 5) is 12.8. The van der Waals surface area contributed by atoms with Crippen molar-refractivity contribution in [3.8, 4) is 21.6 Å². The number of benzene rings is 2. The van der Waals surface area contributed by atoms with Crippen LogP contribution in [0.25, 0.3) is 21.6 Å². The first-order chi connectivity index (χ1) is 11.7. The van der Waals surface area contributed by atoms with Crippen molar-refractivity contribution in [2.75, 3.05) is 18.1 Å². The zero-order chi connectivity index (χ0) is 16.9. The van der Waals surface area contributed by atoms with Gasteiger partial charge in [0.05, 0.1) is 10.9 Å². The maximum Gasteiger partial charge on any atom is 0.139 e. The Morgan fingerprint density at radius 2 is 1.75 bits per heavy atom. The smallest absolute Gasteiger partial charge is 0.139 e. The molecule has 0 unspecified atom stereocenters. The van der Waals surface area contributed by atoms with Crippen molar-refractivity contribution < 1.29 is 4.79 Å². The minimum atomic E-state index is 0.317. The highest BCUT2D eigenvalue weighted by molar-refractivity contribution is 7.98. The zero-order valence-corrected chi connectivity index (χ0v) is 15.5. The Morgan fingerprint density at radius 3 is 2.38 bits per heavy atom. The van der Waals surface area contributed by atoms with E-state index in [1.165, 1.54) is 4.90 Å². The Kier molecular flexibility index (Phi) is 5.61. The summed E-state index contributed by atoms with van der Waals surface area (Å²) in [5.74, 6) is 0. The summed E-state index contributed by atoms with van der Waals surface area (Å²) in [6, 6.07) is 18.6. The Morgan fingerprint density at radius 1 is 1.08 bits per heavy atom. The van der Waals surface area contributed by atoms with E-state index in [0.717, 1.165) is 37.9 Å². The maximum absolute atomic E-state index is 10.4. The average molecular weight is 374 g/mol. The van der Waals surface area contributed by atoms with Crippen molar-refractivity contribution in [1.82, 2.24) is 0 Å². The molecule has 1 heterocycles. The van der Waals surface area contributed by atoms with Crippen LogP contribution in [0.3, 0.4) is 0 Å². The molecule has 2 aromatic carbocycles. The second-order valence-electron chi connectivity index (χ2n) is 5.15. The predicted octanol–water partition coefficient (Wildman–Crippen LogP) is 6.07. The molecule has 0 amide bonds. The summed E-state index contributed by atoms with van der Waals surface area (Å²) in [6.07, 6.45) is 2.92. The molecule has 0 spiro atoms. The van der Waals surface area contributed by atoms with Crippen LogP contribution < -0.4 is 5.32 Å². The van der Waals surface area contributed by atoms with Gasteiger partial charge in [-0.1, -0.05) is 35.9 Å². The minimum absolute atomic E-state index is 0.317. The Labute approximate surface area is 154 Å². The molecule has 24 heavy (non-hydrogen) atoms. The van der Waals surface area contributed by atoms with E-state index in [0.29, 0.717) is 6.54 Å². The fraction of sp³-hybridized carbons (Fsp3) is 0.105. The minimum Gasteiger partial charge on any atom is -0.378 e. The van der Waals surface area contributed by atoms with Gasteiger partial charge in [-0.2, -0.15) is 0 Å². The van der Waals surface area contributed by atoms with Crippen molar-refractivity contribution in [3.05, 3.63) is 58.9 Å². The summed E-state index contributed by atoms with van der Waals surface area (Å²) < 4.78 is 0.775. The van der Waals surface area contributed by atoms with Crippen LogP contribution in [0.2, 0.25) is 4.34 Å². The first-order valence-electron chi connectivity index (χ1n) is 7.43. The lowest BCUT2D eigenvalue weighted by molar-refractivity contribution is -0.106. The Bertz CT molecular complexity index is 826. The molecule has 122 valence electrons. The molecule has 0 aliphatic carbocycles. The second-order valence-corrected chi connectivity index (χ2v) is 7.71. The molecule has 0 fully saturated rings. The number of thioether (sulfide) groups is 1. The van der Waals surface area contributed by atoms with E-state index in [4.69, 9.17) is 11.6 Å². The Hall–Kier alpha value is -1.75. The maximum atomic E-state index is 10.4. The summed E-state index contributed by atoms with van der Waals surface area (Å²) in [7, 11) is 0. The van der Waals surface area contributed by atoms with E-state index in [2.05, 4.69) is 48.0 Å². The van der Waals surface area contributed by atoms with Crippen LogP contribution >= 0.6 is 34.7 Å². The number of halogens is 1.